The molecule has 1 atom stereocenters. The first-order valence-electron chi connectivity index (χ1n) is 6.57. The molecule has 0 fully saturated rings. The zero-order valence-corrected chi connectivity index (χ0v) is 12.5. The van der Waals surface area contributed by atoms with Crippen molar-refractivity contribution in [2.45, 2.75) is 37.6 Å². The van der Waals surface area contributed by atoms with Crippen molar-refractivity contribution in [1.82, 2.24) is 4.72 Å². The van der Waals surface area contributed by atoms with Gasteiger partial charge in [0.2, 0.25) is 15.9 Å². The van der Waals surface area contributed by atoms with Gasteiger partial charge in [-0.05, 0) is 18.6 Å². The molecule has 0 radical (unpaired) electrons. The lowest BCUT2D eigenvalue weighted by Gasteiger charge is -2.14. The molecule has 6 nitrogen and oxygen atoms in total. The second-order valence-electron chi connectivity index (χ2n) is 4.38. The summed E-state index contributed by atoms with van der Waals surface area (Å²) in [6.07, 6.45) is 1.33. The van der Waals surface area contributed by atoms with Crippen LogP contribution in [0.1, 0.15) is 26.7 Å². The van der Waals surface area contributed by atoms with Gasteiger partial charge in [0.1, 0.15) is 4.90 Å². The van der Waals surface area contributed by atoms with Crippen molar-refractivity contribution in [3.05, 3.63) is 24.3 Å². The highest BCUT2D eigenvalue weighted by atomic mass is 32.2. The monoisotopic (exact) mass is 299 g/mol. The first-order chi connectivity index (χ1) is 9.42. The Balaban J connectivity index is 3.00. The molecule has 0 aromatic heterocycles. The zero-order valence-electron chi connectivity index (χ0n) is 11.7. The van der Waals surface area contributed by atoms with Crippen LogP contribution in [0.15, 0.2) is 29.2 Å². The normalized spacial score (nSPS) is 12.9. The van der Waals surface area contributed by atoms with Crippen LogP contribution < -0.4 is 15.8 Å². The number of nitrogens with one attached hydrogen (secondary N) is 2. The van der Waals surface area contributed by atoms with Crippen molar-refractivity contribution in [1.29, 1.82) is 0 Å². The summed E-state index contributed by atoms with van der Waals surface area (Å²) in [6.45, 7) is 3.90. The highest BCUT2D eigenvalue weighted by Crippen LogP contribution is 2.20. The quantitative estimate of drug-likeness (QED) is 0.700. The molecular formula is C13H21N3O3S. The number of para-hydroxylation sites is 1. The molecule has 1 rings (SSSR count). The maximum absolute atomic E-state index is 12.0. The van der Waals surface area contributed by atoms with Crippen LogP contribution in [0.4, 0.5) is 5.69 Å². The predicted molar refractivity (Wildman–Crippen MR) is 78.8 cm³/mol. The minimum absolute atomic E-state index is 0.0406. The van der Waals surface area contributed by atoms with E-state index in [1.54, 1.807) is 25.1 Å². The fraction of sp³-hybridized carbons (Fsp3) is 0.462. The predicted octanol–water partition coefficient (Wildman–Crippen LogP) is 1.05. The van der Waals surface area contributed by atoms with E-state index in [1.807, 2.05) is 6.92 Å². The van der Waals surface area contributed by atoms with Gasteiger partial charge >= 0.3 is 0 Å². The topological polar surface area (TPSA) is 101 Å². The molecule has 0 heterocycles. The van der Waals surface area contributed by atoms with E-state index in [0.29, 0.717) is 6.42 Å². The molecule has 1 amide bonds. The van der Waals surface area contributed by atoms with E-state index in [2.05, 4.69) is 10.0 Å². The number of hydrogen-bond donors (Lipinski definition) is 3. The van der Waals surface area contributed by atoms with Crippen LogP contribution in [0, 0.1) is 0 Å². The molecule has 0 saturated carbocycles. The van der Waals surface area contributed by atoms with Gasteiger partial charge in [0.05, 0.1) is 11.7 Å². The van der Waals surface area contributed by atoms with E-state index < -0.39 is 16.1 Å². The van der Waals surface area contributed by atoms with Gasteiger partial charge in [0, 0.05) is 6.54 Å². The molecule has 0 saturated heterocycles. The number of anilines is 1. The molecule has 0 bridgehead atoms. The Morgan fingerprint density at radius 2 is 1.95 bits per heavy atom. The number of carbonyl (C=O) groups excluding carboxylic acids is 1. The summed E-state index contributed by atoms with van der Waals surface area (Å²) in [4.78, 5) is 11.9. The Morgan fingerprint density at radius 1 is 1.30 bits per heavy atom. The Kier molecular flexibility index (Phi) is 6.12. The van der Waals surface area contributed by atoms with E-state index in [-0.39, 0.29) is 23.0 Å². The highest BCUT2D eigenvalue weighted by molar-refractivity contribution is 7.89. The molecule has 1 aromatic rings. The molecule has 4 N–H and O–H groups in total. The number of hydrogen-bond acceptors (Lipinski definition) is 4. The van der Waals surface area contributed by atoms with Gasteiger partial charge in [0.25, 0.3) is 0 Å². The van der Waals surface area contributed by atoms with Crippen molar-refractivity contribution in [3.8, 4) is 0 Å². The summed E-state index contributed by atoms with van der Waals surface area (Å²) in [6, 6.07) is 5.60. The smallest absolute Gasteiger partial charge is 0.242 e. The van der Waals surface area contributed by atoms with Gasteiger partial charge in [-0.1, -0.05) is 32.4 Å². The van der Waals surface area contributed by atoms with E-state index in [0.717, 1.165) is 6.42 Å². The largest absolute Gasteiger partial charge is 0.324 e. The van der Waals surface area contributed by atoms with Crippen molar-refractivity contribution in [2.24, 2.45) is 5.73 Å². The number of rotatable bonds is 7. The maximum atomic E-state index is 12.0. The minimum Gasteiger partial charge on any atom is -0.324 e. The SMILES string of the molecule is CCCC(N)C(=O)Nc1ccccc1S(=O)(=O)NCC. The molecule has 20 heavy (non-hydrogen) atoms. The van der Waals surface area contributed by atoms with E-state index in [1.165, 1.54) is 6.07 Å². The average Bonchev–Trinajstić information content (AvgIpc) is 2.39. The summed E-state index contributed by atoms with van der Waals surface area (Å²) in [7, 11) is -3.63. The number of amides is 1. The fourth-order valence-corrected chi connectivity index (χ4v) is 2.94. The summed E-state index contributed by atoms with van der Waals surface area (Å²) in [5, 5.41) is 2.58. The molecule has 0 aliphatic rings. The van der Waals surface area contributed by atoms with Crippen LogP contribution in [0.2, 0.25) is 0 Å². The Hall–Kier alpha value is -1.44. The van der Waals surface area contributed by atoms with Crippen LogP contribution >= 0.6 is 0 Å². The third kappa shape index (κ3) is 4.29. The summed E-state index contributed by atoms with van der Waals surface area (Å²) >= 11 is 0. The Bertz CT molecular complexity index is 558. The molecular weight excluding hydrogens is 278 g/mol. The number of carbonyl (C=O) groups is 1. The molecule has 0 aliphatic carbocycles. The lowest BCUT2D eigenvalue weighted by Crippen LogP contribution is -2.36. The lowest BCUT2D eigenvalue weighted by atomic mass is 10.1. The zero-order chi connectivity index (χ0) is 15.2. The lowest BCUT2D eigenvalue weighted by molar-refractivity contribution is -0.117. The first kappa shape index (κ1) is 16.6. The molecule has 0 aliphatic heterocycles. The summed E-state index contributed by atoms with van der Waals surface area (Å²) in [5.74, 6) is -0.383. The number of nitrogens with two attached hydrogens (primary N) is 1. The van der Waals surface area contributed by atoms with Gasteiger partial charge in [-0.3, -0.25) is 4.79 Å². The van der Waals surface area contributed by atoms with Crippen LogP contribution in [0.25, 0.3) is 0 Å². The van der Waals surface area contributed by atoms with Crippen molar-refractivity contribution in [2.75, 3.05) is 11.9 Å². The van der Waals surface area contributed by atoms with Gasteiger partial charge in [0.15, 0.2) is 0 Å². The van der Waals surface area contributed by atoms with E-state index >= 15 is 0 Å². The summed E-state index contributed by atoms with van der Waals surface area (Å²) < 4.78 is 26.5. The van der Waals surface area contributed by atoms with Gasteiger partial charge in [-0.2, -0.15) is 0 Å². The van der Waals surface area contributed by atoms with Crippen molar-refractivity contribution in [3.63, 3.8) is 0 Å². The Morgan fingerprint density at radius 3 is 2.55 bits per heavy atom. The molecule has 7 heteroatoms. The number of benzene rings is 1. The molecule has 112 valence electrons. The van der Waals surface area contributed by atoms with Crippen molar-refractivity contribution >= 4 is 21.6 Å². The molecule has 1 aromatic carbocycles. The number of sulfonamides is 1. The maximum Gasteiger partial charge on any atom is 0.242 e. The van der Waals surface area contributed by atoms with E-state index in [9.17, 15) is 13.2 Å². The minimum atomic E-state index is -3.63. The fourth-order valence-electron chi connectivity index (χ4n) is 1.74. The molecule has 1 unspecified atom stereocenters. The van der Waals surface area contributed by atoms with Gasteiger partial charge in [-0.25, -0.2) is 13.1 Å². The third-order valence-electron chi connectivity index (χ3n) is 2.71. The van der Waals surface area contributed by atoms with E-state index in [4.69, 9.17) is 5.73 Å². The average molecular weight is 299 g/mol. The second-order valence-corrected chi connectivity index (χ2v) is 6.12. The highest BCUT2D eigenvalue weighted by Gasteiger charge is 2.20. The van der Waals surface area contributed by atoms with Crippen LogP contribution in [0.3, 0.4) is 0 Å². The van der Waals surface area contributed by atoms with Crippen LogP contribution in [0.5, 0.6) is 0 Å². The third-order valence-corrected chi connectivity index (χ3v) is 4.31. The molecule has 0 spiro atoms. The summed E-state index contributed by atoms with van der Waals surface area (Å²) in [5.41, 5.74) is 5.96. The van der Waals surface area contributed by atoms with Gasteiger partial charge < -0.3 is 11.1 Å². The Labute approximate surface area is 119 Å². The van der Waals surface area contributed by atoms with Gasteiger partial charge in [-0.15, -0.1) is 0 Å². The standard InChI is InChI=1S/C13H21N3O3S/c1-3-7-10(14)13(17)16-11-8-5-6-9-12(11)20(18,19)15-4-2/h5-6,8-10,15H,3-4,7,14H2,1-2H3,(H,16,17). The van der Waals surface area contributed by atoms with Crippen molar-refractivity contribution < 1.29 is 13.2 Å². The first-order valence-corrected chi connectivity index (χ1v) is 8.05. The van der Waals surface area contributed by atoms with Crippen LogP contribution in [-0.4, -0.2) is 26.9 Å². The van der Waals surface area contributed by atoms with Crippen LogP contribution in [-0.2, 0) is 14.8 Å². The second kappa shape index (κ2) is 7.37.